The lowest BCUT2D eigenvalue weighted by Gasteiger charge is -2.25. The molecule has 0 aliphatic carbocycles. The summed E-state index contributed by atoms with van der Waals surface area (Å²) >= 11 is 0. The van der Waals surface area contributed by atoms with Gasteiger partial charge in [0.05, 0.1) is 0 Å². The topological polar surface area (TPSA) is 12.0 Å². The quantitative estimate of drug-likeness (QED) is 0.622. The van der Waals surface area contributed by atoms with Crippen LogP contribution in [0.15, 0.2) is 18.2 Å². The number of unbranched alkanes of at least 4 members (excludes halogenated alkanes) is 1. The van der Waals surface area contributed by atoms with Gasteiger partial charge in [-0.1, -0.05) is 70.2 Å². The van der Waals surface area contributed by atoms with E-state index in [4.69, 9.17) is 0 Å². The van der Waals surface area contributed by atoms with Gasteiger partial charge in [-0.05, 0) is 43.9 Å². The lowest BCUT2D eigenvalue weighted by atomic mass is 9.87. The minimum Gasteiger partial charge on any atom is -0.310 e. The Balaban J connectivity index is 2.84. The normalized spacial score (nSPS) is 14.2. The molecule has 0 saturated carbocycles. The molecule has 0 aromatic heterocycles. The maximum Gasteiger partial charge on any atom is 0.0325 e. The Morgan fingerprint density at radius 3 is 2.45 bits per heavy atom. The first-order valence-electron chi connectivity index (χ1n) is 8.42. The van der Waals surface area contributed by atoms with Crippen LogP contribution in [0, 0.1) is 19.8 Å². The Bertz CT molecular complexity index is 383. The van der Waals surface area contributed by atoms with Gasteiger partial charge in [0.25, 0.3) is 0 Å². The lowest BCUT2D eigenvalue weighted by Crippen LogP contribution is -2.24. The molecule has 1 N–H and O–H groups in total. The van der Waals surface area contributed by atoms with Crippen LogP contribution in [0.3, 0.4) is 0 Å². The smallest absolute Gasteiger partial charge is 0.0325 e. The van der Waals surface area contributed by atoms with E-state index in [0.717, 1.165) is 12.5 Å². The monoisotopic (exact) mass is 275 g/mol. The van der Waals surface area contributed by atoms with Crippen LogP contribution >= 0.6 is 0 Å². The van der Waals surface area contributed by atoms with Crippen LogP contribution in [-0.2, 0) is 0 Å². The van der Waals surface area contributed by atoms with E-state index in [-0.39, 0.29) is 0 Å². The van der Waals surface area contributed by atoms with Crippen LogP contribution in [0.1, 0.15) is 75.6 Å². The van der Waals surface area contributed by atoms with Crippen LogP contribution in [-0.4, -0.2) is 6.54 Å². The molecule has 114 valence electrons. The van der Waals surface area contributed by atoms with Crippen molar-refractivity contribution < 1.29 is 0 Å². The maximum absolute atomic E-state index is 3.71. The van der Waals surface area contributed by atoms with E-state index in [1.54, 1.807) is 0 Å². The van der Waals surface area contributed by atoms with Crippen molar-refractivity contribution >= 4 is 0 Å². The number of nitrogens with one attached hydrogen (secondary N) is 1. The molecule has 0 fully saturated rings. The third kappa shape index (κ3) is 5.28. The largest absolute Gasteiger partial charge is 0.310 e. The first-order valence-corrected chi connectivity index (χ1v) is 8.42. The predicted octanol–water partition coefficient (Wildman–Crippen LogP) is 5.56. The van der Waals surface area contributed by atoms with E-state index in [9.17, 15) is 0 Å². The summed E-state index contributed by atoms with van der Waals surface area (Å²) in [5.41, 5.74) is 4.30. The van der Waals surface area contributed by atoms with Gasteiger partial charge in [0.15, 0.2) is 0 Å². The van der Waals surface area contributed by atoms with Gasteiger partial charge in [-0.15, -0.1) is 0 Å². The van der Waals surface area contributed by atoms with Gasteiger partial charge in [-0.25, -0.2) is 0 Å². The second-order valence-electron chi connectivity index (χ2n) is 6.12. The molecule has 0 amide bonds. The molecular formula is C19H33N. The highest BCUT2D eigenvalue weighted by Gasteiger charge is 2.17. The summed E-state index contributed by atoms with van der Waals surface area (Å²) in [6, 6.07) is 7.37. The van der Waals surface area contributed by atoms with Crippen molar-refractivity contribution in [2.24, 2.45) is 5.92 Å². The van der Waals surface area contributed by atoms with Crippen LogP contribution in [0.2, 0.25) is 0 Å². The number of hydrogen-bond donors (Lipinski definition) is 1. The van der Waals surface area contributed by atoms with Crippen LogP contribution in [0.25, 0.3) is 0 Å². The Morgan fingerprint density at radius 1 is 1.10 bits per heavy atom. The minimum atomic E-state index is 0.515. The molecule has 0 aliphatic heterocycles. The Kier molecular flexibility index (Phi) is 7.91. The third-order valence-electron chi connectivity index (χ3n) is 4.37. The van der Waals surface area contributed by atoms with Gasteiger partial charge in [0.2, 0.25) is 0 Å². The Labute approximate surface area is 126 Å². The summed E-state index contributed by atoms with van der Waals surface area (Å²) in [4.78, 5) is 0. The minimum absolute atomic E-state index is 0.515. The van der Waals surface area contributed by atoms with Gasteiger partial charge in [-0.2, -0.15) is 0 Å². The fraction of sp³-hybridized carbons (Fsp3) is 0.684. The summed E-state index contributed by atoms with van der Waals surface area (Å²) < 4.78 is 0. The van der Waals surface area contributed by atoms with E-state index in [0.29, 0.717) is 6.04 Å². The lowest BCUT2D eigenvalue weighted by molar-refractivity contribution is 0.356. The maximum atomic E-state index is 3.71. The van der Waals surface area contributed by atoms with Crippen molar-refractivity contribution in [2.45, 2.75) is 72.8 Å². The average molecular weight is 275 g/mol. The highest BCUT2D eigenvalue weighted by atomic mass is 14.9. The molecule has 1 aromatic carbocycles. The number of rotatable bonds is 9. The summed E-state index contributed by atoms with van der Waals surface area (Å²) in [5, 5.41) is 3.71. The van der Waals surface area contributed by atoms with Gasteiger partial charge in [-0.3, -0.25) is 0 Å². The van der Waals surface area contributed by atoms with Gasteiger partial charge >= 0.3 is 0 Å². The highest BCUT2D eigenvalue weighted by Crippen LogP contribution is 2.29. The highest BCUT2D eigenvalue weighted by molar-refractivity contribution is 5.33. The summed E-state index contributed by atoms with van der Waals surface area (Å²) in [7, 11) is 0. The van der Waals surface area contributed by atoms with E-state index in [1.807, 2.05) is 0 Å². The average Bonchev–Trinajstić information content (AvgIpc) is 2.45. The summed E-state index contributed by atoms with van der Waals surface area (Å²) in [6.45, 7) is 12.3. The van der Waals surface area contributed by atoms with Crippen molar-refractivity contribution in [1.29, 1.82) is 0 Å². The van der Waals surface area contributed by atoms with Gasteiger partial charge in [0.1, 0.15) is 0 Å². The van der Waals surface area contributed by atoms with Crippen molar-refractivity contribution in [1.82, 2.24) is 5.32 Å². The van der Waals surface area contributed by atoms with Crippen LogP contribution in [0.5, 0.6) is 0 Å². The molecule has 1 nitrogen and oxygen atoms in total. The Hall–Kier alpha value is -0.820. The van der Waals surface area contributed by atoms with Crippen molar-refractivity contribution in [2.75, 3.05) is 6.54 Å². The molecule has 0 aliphatic rings. The molecule has 1 rings (SSSR count). The molecule has 1 aromatic rings. The SMILES string of the molecule is CCCCC(CC)CC(NCC)c1cc(C)ccc1C. The molecule has 0 saturated heterocycles. The van der Waals surface area contributed by atoms with E-state index >= 15 is 0 Å². The first kappa shape index (κ1) is 17.2. The van der Waals surface area contributed by atoms with E-state index in [2.05, 4.69) is 58.1 Å². The number of hydrogen-bond acceptors (Lipinski definition) is 1. The number of aryl methyl sites for hydroxylation is 2. The zero-order chi connectivity index (χ0) is 15.0. The van der Waals surface area contributed by atoms with Crippen LogP contribution < -0.4 is 5.32 Å². The zero-order valence-corrected chi connectivity index (χ0v) is 14.1. The molecule has 0 spiro atoms. The van der Waals surface area contributed by atoms with Gasteiger partial charge in [0, 0.05) is 6.04 Å². The molecule has 0 radical (unpaired) electrons. The molecule has 2 unspecified atom stereocenters. The first-order chi connectivity index (χ1) is 9.62. The fourth-order valence-corrected chi connectivity index (χ4v) is 3.02. The molecule has 0 bridgehead atoms. The predicted molar refractivity (Wildman–Crippen MR) is 90.3 cm³/mol. The van der Waals surface area contributed by atoms with Crippen LogP contribution in [0.4, 0.5) is 0 Å². The summed E-state index contributed by atoms with van der Waals surface area (Å²) in [5.74, 6) is 0.846. The zero-order valence-electron chi connectivity index (χ0n) is 14.1. The molecule has 2 atom stereocenters. The van der Waals surface area contributed by atoms with E-state index < -0.39 is 0 Å². The second kappa shape index (κ2) is 9.18. The standard InChI is InChI=1S/C19H33N/c1-6-9-10-17(7-2)14-19(20-8-3)18-13-15(4)11-12-16(18)5/h11-13,17,19-20H,6-10,14H2,1-5H3. The molecule has 1 heteroatoms. The third-order valence-corrected chi connectivity index (χ3v) is 4.37. The summed E-state index contributed by atoms with van der Waals surface area (Å²) in [6.07, 6.45) is 6.62. The van der Waals surface area contributed by atoms with E-state index in [1.165, 1.54) is 48.8 Å². The van der Waals surface area contributed by atoms with Crippen molar-refractivity contribution in [3.63, 3.8) is 0 Å². The second-order valence-corrected chi connectivity index (χ2v) is 6.12. The number of benzene rings is 1. The molecular weight excluding hydrogens is 242 g/mol. The van der Waals surface area contributed by atoms with Crippen molar-refractivity contribution in [3.8, 4) is 0 Å². The molecule has 0 heterocycles. The van der Waals surface area contributed by atoms with Crippen molar-refractivity contribution in [3.05, 3.63) is 34.9 Å². The fourth-order valence-electron chi connectivity index (χ4n) is 3.02. The Morgan fingerprint density at radius 2 is 1.85 bits per heavy atom. The van der Waals surface area contributed by atoms with Gasteiger partial charge < -0.3 is 5.32 Å². The molecule has 20 heavy (non-hydrogen) atoms.